The lowest BCUT2D eigenvalue weighted by atomic mass is 10.0. The maximum Gasteiger partial charge on any atom is 0.472 e. The van der Waals surface area contributed by atoms with Crippen LogP contribution in [-0.2, 0) is 18.4 Å². The van der Waals surface area contributed by atoms with Gasteiger partial charge in [-0.1, -0.05) is 297 Å². The van der Waals surface area contributed by atoms with Gasteiger partial charge in [-0.15, -0.1) is 0 Å². The van der Waals surface area contributed by atoms with Crippen LogP contribution in [0.2, 0.25) is 0 Å². The third-order valence-corrected chi connectivity index (χ3v) is 15.7. The summed E-state index contributed by atoms with van der Waals surface area (Å²) in [7, 11) is 1.54. The molecule has 3 N–H and O–H groups in total. The van der Waals surface area contributed by atoms with Crippen molar-refractivity contribution in [2.45, 2.75) is 309 Å². The number of nitrogens with zero attached hydrogens (tertiary/aromatic N) is 1. The topological polar surface area (TPSA) is 105 Å². The van der Waals surface area contributed by atoms with E-state index in [4.69, 9.17) is 9.05 Å². The normalized spacial score (nSPS) is 14.3. The molecule has 0 saturated carbocycles. The molecule has 3 unspecified atom stereocenters. The molecule has 0 aliphatic heterocycles. The van der Waals surface area contributed by atoms with Crippen molar-refractivity contribution in [3.8, 4) is 0 Å². The highest BCUT2D eigenvalue weighted by Crippen LogP contribution is 2.43. The molecule has 0 fully saturated rings. The Morgan fingerprint density at radius 2 is 0.762 bits per heavy atom. The predicted molar refractivity (Wildman–Crippen MR) is 350 cm³/mol. The number of allylic oxidation sites excluding steroid dienone is 15. The summed E-state index contributed by atoms with van der Waals surface area (Å²) in [6, 6.07) is -0.879. The SMILES string of the molecule is CC/C=C\C/C=C\C/C=C\C/C=C\C/C=C\CCCCCCCCCCCCCC(=O)NC(COP(=O)(O)OCC[N+](C)(C)C)C(O)/C=C/CC/C=C/CC/C=C/CCCCCCCCCCCCCCCCCCCCCCC. The number of rotatable bonds is 61. The van der Waals surface area contributed by atoms with Crippen LogP contribution in [0.25, 0.3) is 0 Å². The van der Waals surface area contributed by atoms with Crippen molar-refractivity contribution in [1.82, 2.24) is 5.32 Å². The average Bonchev–Trinajstić information content (AvgIpc) is 3.42. The van der Waals surface area contributed by atoms with Gasteiger partial charge in [-0.25, -0.2) is 4.57 Å². The minimum absolute atomic E-state index is 0.0488. The summed E-state index contributed by atoms with van der Waals surface area (Å²) in [4.78, 5) is 23.4. The van der Waals surface area contributed by atoms with Crippen LogP contribution < -0.4 is 5.32 Å². The van der Waals surface area contributed by atoms with Crippen LogP contribution >= 0.6 is 7.82 Å². The number of phosphoric acid groups is 1. The van der Waals surface area contributed by atoms with Crippen molar-refractivity contribution in [3.63, 3.8) is 0 Å². The van der Waals surface area contributed by atoms with Crippen LogP contribution in [0.3, 0.4) is 0 Å². The first-order valence-electron chi connectivity index (χ1n) is 33.6. The molecule has 3 atom stereocenters. The molecule has 9 heteroatoms. The maximum atomic E-state index is 13.0. The first-order valence-corrected chi connectivity index (χ1v) is 35.1. The second-order valence-electron chi connectivity index (χ2n) is 23.8. The van der Waals surface area contributed by atoms with Crippen LogP contribution in [0, 0.1) is 0 Å². The third-order valence-electron chi connectivity index (χ3n) is 14.8. The van der Waals surface area contributed by atoms with Gasteiger partial charge in [0.1, 0.15) is 13.2 Å². The van der Waals surface area contributed by atoms with Crippen molar-refractivity contribution >= 4 is 13.7 Å². The van der Waals surface area contributed by atoms with E-state index in [1.165, 1.54) is 199 Å². The van der Waals surface area contributed by atoms with Gasteiger partial charge in [0.05, 0.1) is 39.9 Å². The Hall–Kier alpha value is -2.58. The van der Waals surface area contributed by atoms with Crippen LogP contribution in [0.5, 0.6) is 0 Å². The number of likely N-dealkylation sites (N-methyl/N-ethyl adjacent to an activating group) is 1. The first-order chi connectivity index (χ1) is 39.0. The molecule has 0 aromatic heterocycles. The van der Waals surface area contributed by atoms with Crippen LogP contribution in [0.4, 0.5) is 0 Å². The van der Waals surface area contributed by atoms with Gasteiger partial charge in [0.25, 0.3) is 0 Å². The lowest BCUT2D eigenvalue weighted by Gasteiger charge is -2.25. The van der Waals surface area contributed by atoms with Crippen LogP contribution in [-0.4, -0.2) is 73.4 Å². The summed E-state index contributed by atoms with van der Waals surface area (Å²) < 4.78 is 23.8. The molecule has 0 saturated heterocycles. The summed E-state index contributed by atoms with van der Waals surface area (Å²) in [6.45, 7) is 4.69. The van der Waals surface area contributed by atoms with Crippen LogP contribution in [0.1, 0.15) is 296 Å². The van der Waals surface area contributed by atoms with E-state index in [0.717, 1.165) is 77.0 Å². The monoisotopic (exact) mass is 1140 g/mol. The zero-order valence-electron chi connectivity index (χ0n) is 53.0. The van der Waals surface area contributed by atoms with Crippen molar-refractivity contribution < 1.29 is 32.9 Å². The summed E-state index contributed by atoms with van der Waals surface area (Å²) >= 11 is 0. The van der Waals surface area contributed by atoms with Gasteiger partial charge >= 0.3 is 7.82 Å². The van der Waals surface area contributed by atoms with Gasteiger partial charge in [0.2, 0.25) is 5.91 Å². The molecule has 0 bridgehead atoms. The van der Waals surface area contributed by atoms with Gasteiger partial charge < -0.3 is 19.8 Å². The van der Waals surface area contributed by atoms with Crippen molar-refractivity contribution in [1.29, 1.82) is 0 Å². The summed E-state index contributed by atoms with van der Waals surface area (Å²) in [5.74, 6) is -0.195. The Balaban J connectivity index is 4.19. The fourth-order valence-corrected chi connectivity index (χ4v) is 10.3. The molecule has 0 aromatic rings. The van der Waals surface area contributed by atoms with Crippen molar-refractivity contribution in [3.05, 3.63) is 97.2 Å². The Kier molecular flexibility index (Phi) is 59.0. The molecule has 0 radical (unpaired) electrons. The number of nitrogens with one attached hydrogen (secondary N) is 1. The molecule has 1 amide bonds. The van der Waals surface area contributed by atoms with Gasteiger partial charge in [0.15, 0.2) is 0 Å². The molecule has 0 aliphatic carbocycles. The van der Waals surface area contributed by atoms with E-state index >= 15 is 0 Å². The summed E-state index contributed by atoms with van der Waals surface area (Å²) in [5, 5.41) is 14.0. The fraction of sp³-hybridized carbons (Fsp3) is 0.761. The fourth-order valence-electron chi connectivity index (χ4n) is 9.57. The average molecular weight is 1140 g/mol. The molecular formula is C71H130N2O6P+. The summed E-state index contributed by atoms with van der Waals surface area (Å²) in [6.07, 6.45) is 88.4. The van der Waals surface area contributed by atoms with E-state index in [1.54, 1.807) is 6.08 Å². The Morgan fingerprint density at radius 3 is 1.15 bits per heavy atom. The van der Waals surface area contributed by atoms with Crippen molar-refractivity contribution in [2.24, 2.45) is 0 Å². The smallest absolute Gasteiger partial charge is 0.387 e. The minimum Gasteiger partial charge on any atom is -0.387 e. The van der Waals surface area contributed by atoms with Gasteiger partial charge in [-0.05, 0) is 89.9 Å². The number of aliphatic hydroxyl groups excluding tert-OH is 1. The highest BCUT2D eigenvalue weighted by Gasteiger charge is 2.28. The number of phosphoric ester groups is 1. The largest absolute Gasteiger partial charge is 0.472 e. The molecular weight excluding hydrogens is 1010 g/mol. The van der Waals surface area contributed by atoms with Gasteiger partial charge in [-0.2, -0.15) is 0 Å². The highest BCUT2D eigenvalue weighted by atomic mass is 31.2. The zero-order valence-corrected chi connectivity index (χ0v) is 53.9. The molecule has 0 heterocycles. The van der Waals surface area contributed by atoms with Crippen LogP contribution in [0.15, 0.2) is 97.2 Å². The van der Waals surface area contributed by atoms with E-state index in [9.17, 15) is 19.4 Å². The molecule has 80 heavy (non-hydrogen) atoms. The first kappa shape index (κ1) is 77.4. The molecule has 0 spiro atoms. The van der Waals surface area contributed by atoms with Gasteiger partial charge in [-0.3, -0.25) is 13.8 Å². The third kappa shape index (κ3) is 63.0. The number of hydrogen-bond acceptors (Lipinski definition) is 5. The van der Waals surface area contributed by atoms with Gasteiger partial charge in [0, 0.05) is 6.42 Å². The number of aliphatic hydroxyl groups is 1. The van der Waals surface area contributed by atoms with E-state index in [1.807, 2.05) is 27.2 Å². The predicted octanol–water partition coefficient (Wildman–Crippen LogP) is 21.3. The molecule has 0 rings (SSSR count). The second kappa shape index (κ2) is 61.0. The minimum atomic E-state index is -4.37. The molecule has 0 aliphatic rings. The number of carbonyl (C=O) groups excluding carboxylic acids is 1. The lowest BCUT2D eigenvalue weighted by molar-refractivity contribution is -0.870. The Labute approximate surface area is 496 Å². The Bertz CT molecular complexity index is 1620. The lowest BCUT2D eigenvalue weighted by Crippen LogP contribution is -2.45. The highest BCUT2D eigenvalue weighted by molar-refractivity contribution is 7.47. The number of quaternary nitrogens is 1. The zero-order chi connectivity index (χ0) is 58.4. The van der Waals surface area contributed by atoms with E-state index in [-0.39, 0.29) is 19.1 Å². The van der Waals surface area contributed by atoms with E-state index in [2.05, 4.69) is 104 Å². The molecule has 464 valence electrons. The summed E-state index contributed by atoms with van der Waals surface area (Å²) in [5.41, 5.74) is 0. The standard InChI is InChI=1S/C71H129N2O6P/c1-6-8-10-12-14-16-18-20-22-24-26-28-30-32-34-35-36-37-39-40-42-44-46-48-50-52-54-56-58-60-62-64-70(74)69(68-79-80(76,77)78-67-66-73(3,4)5)72-71(75)65-63-61-59-57-55-53-51-49-47-45-43-41-38-33-31-29-27-25-23-21-19-17-15-13-11-9-7-2/h9,11,15,17,21,23,27,29,33,38,46,48,54,56,62,64,69-70,74H,6-8,10,12-14,16,18-20,22,24-26,28,30-32,34-37,39-45,47,49-53,55,57-61,63,65-68H2,1-5H3,(H-,72,75,76,77)/p+1/b11-9-,17-15-,23-21-,29-27-,38-33-,48-46+,56-54+,64-62+. The number of carbonyl (C=O) groups is 1. The maximum absolute atomic E-state index is 13.0. The van der Waals surface area contributed by atoms with Crippen molar-refractivity contribution in [2.75, 3.05) is 40.9 Å². The van der Waals surface area contributed by atoms with E-state index in [0.29, 0.717) is 17.4 Å². The number of amides is 1. The Morgan fingerprint density at radius 1 is 0.438 bits per heavy atom. The quantitative estimate of drug-likeness (QED) is 0.0243. The molecule has 8 nitrogen and oxygen atoms in total. The second-order valence-corrected chi connectivity index (χ2v) is 25.3. The number of hydrogen-bond donors (Lipinski definition) is 3. The number of unbranched alkanes of at least 4 members (excludes halogenated alkanes) is 34. The van der Waals surface area contributed by atoms with E-state index < -0.39 is 20.0 Å². The molecule has 0 aromatic carbocycles.